The number of benzene rings is 1. The van der Waals surface area contributed by atoms with Crippen LogP contribution in [0.15, 0.2) is 45.5 Å². The van der Waals surface area contributed by atoms with E-state index in [9.17, 15) is 9.59 Å². The van der Waals surface area contributed by atoms with Crippen molar-refractivity contribution in [3.05, 3.63) is 51.9 Å². The zero-order chi connectivity index (χ0) is 15.7. The Morgan fingerprint density at radius 2 is 2.00 bits per heavy atom. The predicted molar refractivity (Wildman–Crippen MR) is 86.1 cm³/mol. The summed E-state index contributed by atoms with van der Waals surface area (Å²) < 4.78 is 5.69. The van der Waals surface area contributed by atoms with Gasteiger partial charge in [0.25, 0.3) is 5.91 Å². The molecule has 1 atom stereocenters. The molecule has 3 rings (SSSR count). The molecule has 0 aliphatic carbocycles. The van der Waals surface area contributed by atoms with Gasteiger partial charge in [-0.05, 0) is 52.3 Å². The van der Waals surface area contributed by atoms with Crippen molar-refractivity contribution in [1.29, 1.82) is 0 Å². The van der Waals surface area contributed by atoms with Crippen LogP contribution in [-0.2, 0) is 4.79 Å². The average molecular weight is 384 g/mol. The lowest BCUT2D eigenvalue weighted by molar-refractivity contribution is -0.117. The van der Waals surface area contributed by atoms with Crippen molar-refractivity contribution in [2.24, 2.45) is 0 Å². The molecule has 1 N–H and O–H groups in total. The van der Waals surface area contributed by atoms with Crippen LogP contribution in [0.5, 0.6) is 0 Å². The molecular formula is C15H12BrClN2O3. The summed E-state index contributed by atoms with van der Waals surface area (Å²) in [6.07, 6.45) is 0.260. The fourth-order valence-corrected chi connectivity index (χ4v) is 2.80. The highest BCUT2D eigenvalue weighted by molar-refractivity contribution is 9.10. The molecule has 0 radical (unpaired) electrons. The second-order valence-corrected chi connectivity index (χ2v) is 6.18. The first-order chi connectivity index (χ1) is 10.5. The molecule has 0 bridgehead atoms. The zero-order valence-corrected chi connectivity index (χ0v) is 13.7. The zero-order valence-electron chi connectivity index (χ0n) is 11.4. The van der Waals surface area contributed by atoms with Gasteiger partial charge in [0.05, 0.1) is 6.04 Å². The molecular weight excluding hydrogens is 372 g/mol. The molecule has 0 spiro atoms. The lowest BCUT2D eigenvalue weighted by Gasteiger charge is -2.17. The van der Waals surface area contributed by atoms with Crippen LogP contribution in [0.2, 0.25) is 5.02 Å². The topological polar surface area (TPSA) is 62.6 Å². The van der Waals surface area contributed by atoms with E-state index in [-0.39, 0.29) is 30.0 Å². The van der Waals surface area contributed by atoms with Gasteiger partial charge in [-0.2, -0.15) is 0 Å². The molecule has 2 aromatic rings. The van der Waals surface area contributed by atoms with Crippen LogP contribution in [0.3, 0.4) is 0 Å². The maximum Gasteiger partial charge on any atom is 0.287 e. The monoisotopic (exact) mass is 382 g/mol. The van der Waals surface area contributed by atoms with Crippen molar-refractivity contribution in [2.75, 3.05) is 11.4 Å². The van der Waals surface area contributed by atoms with Gasteiger partial charge in [0.2, 0.25) is 5.91 Å². The molecule has 1 aromatic heterocycles. The highest BCUT2D eigenvalue weighted by Gasteiger charge is 2.32. The molecule has 22 heavy (non-hydrogen) atoms. The number of nitrogens with zero attached hydrogens (tertiary/aromatic N) is 1. The van der Waals surface area contributed by atoms with Crippen LogP contribution < -0.4 is 10.2 Å². The van der Waals surface area contributed by atoms with Crippen molar-refractivity contribution < 1.29 is 14.0 Å². The lowest BCUT2D eigenvalue weighted by Crippen LogP contribution is -2.37. The highest BCUT2D eigenvalue weighted by atomic mass is 79.9. The molecule has 1 aliphatic heterocycles. The maximum atomic E-state index is 12.1. The van der Waals surface area contributed by atoms with Crippen molar-refractivity contribution in [2.45, 2.75) is 12.5 Å². The number of furan rings is 1. The largest absolute Gasteiger partial charge is 0.444 e. The van der Waals surface area contributed by atoms with E-state index in [4.69, 9.17) is 16.0 Å². The third kappa shape index (κ3) is 3.18. The summed E-state index contributed by atoms with van der Waals surface area (Å²) in [6.45, 7) is 0.425. The van der Waals surface area contributed by atoms with E-state index in [0.29, 0.717) is 16.2 Å². The van der Waals surface area contributed by atoms with Gasteiger partial charge in [-0.15, -0.1) is 0 Å². The summed E-state index contributed by atoms with van der Waals surface area (Å²) in [5.41, 5.74) is 0.770. The van der Waals surface area contributed by atoms with E-state index in [1.807, 2.05) is 0 Å². The summed E-state index contributed by atoms with van der Waals surface area (Å²) in [4.78, 5) is 25.8. The second kappa shape index (κ2) is 6.14. The first kappa shape index (κ1) is 15.1. The van der Waals surface area contributed by atoms with Gasteiger partial charge in [-0.3, -0.25) is 9.59 Å². The molecule has 2 amide bonds. The van der Waals surface area contributed by atoms with Gasteiger partial charge in [0.15, 0.2) is 10.4 Å². The molecule has 5 nitrogen and oxygen atoms in total. The first-order valence-corrected chi connectivity index (χ1v) is 7.82. The summed E-state index contributed by atoms with van der Waals surface area (Å²) in [6, 6.07) is 10.0. The molecule has 0 unspecified atom stereocenters. The van der Waals surface area contributed by atoms with Crippen LogP contribution in [-0.4, -0.2) is 24.4 Å². The van der Waals surface area contributed by atoms with Crippen molar-refractivity contribution >= 4 is 45.0 Å². The Bertz CT molecular complexity index is 714. The van der Waals surface area contributed by atoms with Crippen molar-refractivity contribution in [3.63, 3.8) is 0 Å². The van der Waals surface area contributed by atoms with E-state index in [1.54, 1.807) is 41.3 Å². The average Bonchev–Trinajstić information content (AvgIpc) is 3.06. The Kier molecular flexibility index (Phi) is 4.22. The third-order valence-electron chi connectivity index (χ3n) is 3.40. The summed E-state index contributed by atoms with van der Waals surface area (Å²) in [5.74, 6) is -0.154. The van der Waals surface area contributed by atoms with Gasteiger partial charge in [0.1, 0.15) is 0 Å². The number of anilines is 1. The number of hydrogen-bond acceptors (Lipinski definition) is 3. The number of carbonyl (C=O) groups excluding carboxylic acids is 2. The Balaban J connectivity index is 1.67. The van der Waals surface area contributed by atoms with Gasteiger partial charge in [-0.1, -0.05) is 11.6 Å². The van der Waals surface area contributed by atoms with Crippen LogP contribution in [0.4, 0.5) is 5.69 Å². The van der Waals surface area contributed by atoms with Crippen LogP contribution in [0, 0.1) is 0 Å². The van der Waals surface area contributed by atoms with Gasteiger partial charge in [0, 0.05) is 23.7 Å². The van der Waals surface area contributed by atoms with Crippen LogP contribution >= 0.6 is 27.5 Å². The maximum absolute atomic E-state index is 12.1. The number of halogens is 2. The third-order valence-corrected chi connectivity index (χ3v) is 4.07. The quantitative estimate of drug-likeness (QED) is 0.885. The van der Waals surface area contributed by atoms with E-state index >= 15 is 0 Å². The Labute approximate surface area is 140 Å². The van der Waals surface area contributed by atoms with E-state index in [2.05, 4.69) is 21.2 Å². The predicted octanol–water partition coefficient (Wildman–Crippen LogP) is 3.23. The van der Waals surface area contributed by atoms with E-state index in [0.717, 1.165) is 5.69 Å². The molecule has 0 saturated carbocycles. The molecule has 1 aromatic carbocycles. The number of amides is 2. The smallest absolute Gasteiger partial charge is 0.287 e. The van der Waals surface area contributed by atoms with Crippen LogP contribution in [0.25, 0.3) is 0 Å². The van der Waals surface area contributed by atoms with Gasteiger partial charge >= 0.3 is 0 Å². The summed E-state index contributed by atoms with van der Waals surface area (Å²) in [5, 5.41) is 3.42. The summed E-state index contributed by atoms with van der Waals surface area (Å²) in [7, 11) is 0. The number of hydrogen-bond donors (Lipinski definition) is 1. The minimum absolute atomic E-state index is 0.0340. The Morgan fingerprint density at radius 3 is 2.64 bits per heavy atom. The Hall–Kier alpha value is -1.79. The summed E-state index contributed by atoms with van der Waals surface area (Å²) >= 11 is 9.00. The first-order valence-electron chi connectivity index (χ1n) is 6.65. The normalized spacial score (nSPS) is 17.8. The van der Waals surface area contributed by atoms with Gasteiger partial charge in [-0.25, -0.2) is 0 Å². The number of nitrogens with one attached hydrogen (secondary N) is 1. The number of carbonyl (C=O) groups is 2. The second-order valence-electron chi connectivity index (χ2n) is 4.96. The van der Waals surface area contributed by atoms with Crippen molar-refractivity contribution in [1.82, 2.24) is 5.32 Å². The lowest BCUT2D eigenvalue weighted by atomic mass is 10.2. The van der Waals surface area contributed by atoms with E-state index < -0.39 is 0 Å². The van der Waals surface area contributed by atoms with Gasteiger partial charge < -0.3 is 14.6 Å². The minimum Gasteiger partial charge on any atom is -0.444 e. The van der Waals surface area contributed by atoms with Crippen LogP contribution in [0.1, 0.15) is 17.0 Å². The molecule has 1 aliphatic rings. The molecule has 1 fully saturated rings. The minimum atomic E-state index is -0.332. The SMILES string of the molecule is O=C(N[C@@H]1CC(=O)N(c2ccc(Cl)cc2)C1)c1ccc(Br)o1. The highest BCUT2D eigenvalue weighted by Crippen LogP contribution is 2.23. The standard InChI is InChI=1S/C15H12BrClN2O3/c16-13-6-5-12(22-13)15(21)18-10-7-14(20)19(8-10)11-3-1-9(17)2-4-11/h1-6,10H,7-8H2,(H,18,21)/t10-/m1/s1. The van der Waals surface area contributed by atoms with Crippen molar-refractivity contribution in [3.8, 4) is 0 Å². The Morgan fingerprint density at radius 1 is 1.27 bits per heavy atom. The fraction of sp³-hybridized carbons (Fsp3) is 0.200. The molecule has 114 valence electrons. The molecule has 7 heteroatoms. The fourth-order valence-electron chi connectivity index (χ4n) is 2.37. The molecule has 1 saturated heterocycles. The number of rotatable bonds is 3. The van der Waals surface area contributed by atoms with E-state index in [1.165, 1.54) is 0 Å². The molecule has 2 heterocycles.